The molecule has 0 saturated carbocycles. The van der Waals surface area contributed by atoms with Crippen molar-refractivity contribution in [2.45, 2.75) is 33.6 Å². The summed E-state index contributed by atoms with van der Waals surface area (Å²) < 4.78 is 1.96. The molecule has 1 fully saturated rings. The molecule has 5 nitrogen and oxygen atoms in total. The van der Waals surface area contributed by atoms with Crippen LogP contribution in [0.1, 0.15) is 41.2 Å². The van der Waals surface area contributed by atoms with Crippen LogP contribution < -0.4 is 0 Å². The number of aryl methyl sites for hydroxylation is 2. The van der Waals surface area contributed by atoms with Gasteiger partial charge in [-0.15, -0.1) is 0 Å². The Hall–Kier alpha value is -2.14. The summed E-state index contributed by atoms with van der Waals surface area (Å²) in [7, 11) is 2.10. The lowest BCUT2D eigenvalue weighted by molar-refractivity contribution is 0.0662. The number of benzene rings is 1. The smallest absolute Gasteiger partial charge is 0.257 e. The van der Waals surface area contributed by atoms with Gasteiger partial charge in [-0.3, -0.25) is 4.79 Å². The van der Waals surface area contributed by atoms with E-state index < -0.39 is 0 Å². The van der Waals surface area contributed by atoms with E-state index in [9.17, 15) is 4.79 Å². The zero-order valence-electron chi connectivity index (χ0n) is 15.7. The van der Waals surface area contributed by atoms with Gasteiger partial charge >= 0.3 is 0 Å². The third-order valence-corrected chi connectivity index (χ3v) is 5.01. The lowest BCUT2D eigenvalue weighted by Gasteiger charge is -2.32. The molecule has 0 bridgehead atoms. The van der Waals surface area contributed by atoms with Crippen LogP contribution in [-0.2, 0) is 12.8 Å². The summed E-state index contributed by atoms with van der Waals surface area (Å²) in [5.41, 5.74) is 4.98. The van der Waals surface area contributed by atoms with Crippen molar-refractivity contribution in [3.05, 3.63) is 46.8 Å². The van der Waals surface area contributed by atoms with Gasteiger partial charge in [0, 0.05) is 26.2 Å². The van der Waals surface area contributed by atoms with Crippen molar-refractivity contribution in [3.8, 4) is 5.69 Å². The molecule has 2 aromatic rings. The molecule has 0 radical (unpaired) electrons. The van der Waals surface area contributed by atoms with Crippen molar-refractivity contribution in [2.24, 2.45) is 0 Å². The van der Waals surface area contributed by atoms with Crippen molar-refractivity contribution in [1.82, 2.24) is 19.6 Å². The molecule has 1 amide bonds. The fourth-order valence-electron chi connectivity index (χ4n) is 3.39. The van der Waals surface area contributed by atoms with Gasteiger partial charge in [0.05, 0.1) is 22.6 Å². The minimum atomic E-state index is 0.139. The Balaban J connectivity index is 2.00. The average molecular weight is 340 g/mol. The molecule has 3 rings (SSSR count). The van der Waals surface area contributed by atoms with E-state index in [1.165, 1.54) is 5.56 Å². The lowest BCUT2D eigenvalue weighted by Crippen LogP contribution is -2.47. The molecule has 1 aromatic carbocycles. The second-order valence-electron chi connectivity index (χ2n) is 6.82. The highest BCUT2D eigenvalue weighted by molar-refractivity contribution is 5.96. The number of aromatic nitrogens is 2. The zero-order chi connectivity index (χ0) is 18.0. The Morgan fingerprint density at radius 2 is 1.68 bits per heavy atom. The van der Waals surface area contributed by atoms with Crippen LogP contribution in [0.2, 0.25) is 0 Å². The maximum absolute atomic E-state index is 13.2. The first-order chi connectivity index (χ1) is 12.0. The van der Waals surface area contributed by atoms with Gasteiger partial charge in [0.1, 0.15) is 0 Å². The first-order valence-electron chi connectivity index (χ1n) is 9.20. The summed E-state index contributed by atoms with van der Waals surface area (Å²) in [5.74, 6) is 0.139. The first kappa shape index (κ1) is 17.7. The molecule has 1 aliphatic heterocycles. The molecule has 0 atom stereocenters. The van der Waals surface area contributed by atoms with Crippen LogP contribution in [-0.4, -0.2) is 58.7 Å². The van der Waals surface area contributed by atoms with Crippen LogP contribution in [0.4, 0.5) is 0 Å². The van der Waals surface area contributed by atoms with Gasteiger partial charge in [-0.1, -0.05) is 31.5 Å². The molecule has 1 saturated heterocycles. The number of likely N-dealkylation sites (N-methyl/N-ethyl adjacent to an activating group) is 1. The van der Waals surface area contributed by atoms with Gasteiger partial charge in [0.25, 0.3) is 5.91 Å². The topological polar surface area (TPSA) is 41.4 Å². The number of hydrogen-bond acceptors (Lipinski definition) is 3. The first-order valence-corrected chi connectivity index (χ1v) is 9.20. The fraction of sp³-hybridized carbons (Fsp3) is 0.500. The maximum Gasteiger partial charge on any atom is 0.257 e. The molecule has 0 aliphatic carbocycles. The third-order valence-electron chi connectivity index (χ3n) is 5.01. The molecule has 2 heterocycles. The van der Waals surface area contributed by atoms with Crippen molar-refractivity contribution in [2.75, 3.05) is 33.2 Å². The highest BCUT2D eigenvalue weighted by atomic mass is 16.2. The molecule has 0 N–H and O–H groups in total. The summed E-state index contributed by atoms with van der Waals surface area (Å²) in [4.78, 5) is 17.5. The Morgan fingerprint density at radius 1 is 1.04 bits per heavy atom. The van der Waals surface area contributed by atoms with Crippen molar-refractivity contribution >= 4 is 5.91 Å². The summed E-state index contributed by atoms with van der Waals surface area (Å²) in [5, 5.41) is 4.79. The second-order valence-corrected chi connectivity index (χ2v) is 6.82. The highest BCUT2D eigenvalue weighted by Crippen LogP contribution is 2.23. The number of hydrogen-bond donors (Lipinski definition) is 0. The van der Waals surface area contributed by atoms with E-state index in [1.54, 1.807) is 0 Å². The summed E-state index contributed by atoms with van der Waals surface area (Å²) in [6.07, 6.45) is 1.55. The normalized spacial score (nSPS) is 15.6. The van der Waals surface area contributed by atoms with Crippen LogP contribution in [0.15, 0.2) is 24.3 Å². The quantitative estimate of drug-likeness (QED) is 0.859. The molecule has 0 unspecified atom stereocenters. The highest BCUT2D eigenvalue weighted by Gasteiger charge is 2.28. The fourth-order valence-corrected chi connectivity index (χ4v) is 3.39. The van der Waals surface area contributed by atoms with Crippen LogP contribution >= 0.6 is 0 Å². The Labute approximate surface area is 150 Å². The molecule has 1 aliphatic rings. The monoisotopic (exact) mass is 340 g/mol. The molecule has 25 heavy (non-hydrogen) atoms. The van der Waals surface area contributed by atoms with E-state index in [4.69, 9.17) is 5.10 Å². The molecule has 0 spiro atoms. The summed E-state index contributed by atoms with van der Waals surface area (Å²) in [6, 6.07) is 8.32. The van der Waals surface area contributed by atoms with Gasteiger partial charge in [0.2, 0.25) is 0 Å². The van der Waals surface area contributed by atoms with Gasteiger partial charge in [-0.05, 0) is 38.9 Å². The maximum atomic E-state index is 13.2. The van der Waals surface area contributed by atoms with Crippen LogP contribution in [0.3, 0.4) is 0 Å². The van der Waals surface area contributed by atoms with E-state index in [2.05, 4.69) is 57.0 Å². The lowest BCUT2D eigenvalue weighted by atomic mass is 10.1. The van der Waals surface area contributed by atoms with Gasteiger partial charge < -0.3 is 9.80 Å². The minimum Gasteiger partial charge on any atom is -0.336 e. The molecule has 5 heteroatoms. The standard InChI is InChI=1S/C20H28N4O/c1-5-17-19(20(25)23-13-11-22(4)12-14-23)18(6-2)24(21-17)16-9-7-15(3)8-10-16/h7-10H,5-6,11-14H2,1-4H3. The molecule has 1 aromatic heterocycles. The third kappa shape index (κ3) is 3.47. The SMILES string of the molecule is CCc1nn(-c2ccc(C)cc2)c(CC)c1C(=O)N1CCN(C)CC1. The molecular formula is C20H28N4O. The van der Waals surface area contributed by atoms with E-state index >= 15 is 0 Å². The number of carbonyl (C=O) groups excluding carboxylic acids is 1. The van der Waals surface area contributed by atoms with E-state index in [0.717, 1.165) is 61.7 Å². The van der Waals surface area contributed by atoms with Crippen LogP contribution in [0, 0.1) is 6.92 Å². The van der Waals surface area contributed by atoms with Gasteiger partial charge in [-0.25, -0.2) is 4.68 Å². The average Bonchev–Trinajstić information content (AvgIpc) is 3.01. The Bertz CT molecular complexity index is 740. The van der Waals surface area contributed by atoms with Crippen molar-refractivity contribution in [3.63, 3.8) is 0 Å². The summed E-state index contributed by atoms with van der Waals surface area (Å²) >= 11 is 0. The van der Waals surface area contributed by atoms with E-state index in [1.807, 2.05) is 9.58 Å². The number of carbonyl (C=O) groups is 1. The number of amides is 1. The predicted molar refractivity (Wildman–Crippen MR) is 100 cm³/mol. The van der Waals surface area contributed by atoms with Gasteiger partial charge in [0.15, 0.2) is 0 Å². The van der Waals surface area contributed by atoms with Gasteiger partial charge in [-0.2, -0.15) is 5.10 Å². The van der Waals surface area contributed by atoms with Crippen molar-refractivity contribution < 1.29 is 4.79 Å². The van der Waals surface area contributed by atoms with Crippen molar-refractivity contribution in [1.29, 1.82) is 0 Å². The molecule has 134 valence electrons. The van der Waals surface area contributed by atoms with E-state index in [0.29, 0.717) is 0 Å². The molecular weight excluding hydrogens is 312 g/mol. The van der Waals surface area contributed by atoms with E-state index in [-0.39, 0.29) is 5.91 Å². The largest absolute Gasteiger partial charge is 0.336 e. The number of rotatable bonds is 4. The minimum absolute atomic E-state index is 0.139. The number of piperazine rings is 1. The summed E-state index contributed by atoms with van der Waals surface area (Å²) in [6.45, 7) is 9.69. The Kier molecular flexibility index (Phi) is 5.23. The zero-order valence-corrected chi connectivity index (χ0v) is 15.7. The predicted octanol–water partition coefficient (Wildman–Crippen LogP) is 2.69. The Morgan fingerprint density at radius 3 is 2.24 bits per heavy atom. The van der Waals surface area contributed by atoms with Crippen LogP contribution in [0.5, 0.6) is 0 Å². The second kappa shape index (κ2) is 7.40. The number of nitrogens with zero attached hydrogens (tertiary/aromatic N) is 4. The van der Waals surface area contributed by atoms with Crippen LogP contribution in [0.25, 0.3) is 5.69 Å².